The molecule has 2 atom stereocenters. The van der Waals surface area contributed by atoms with Gasteiger partial charge in [-0.15, -0.1) is 0 Å². The molecule has 2 nitrogen and oxygen atoms in total. The fraction of sp³-hybridized carbons (Fsp3) is 0.571. The molecule has 1 N–H and O–H groups in total. The highest BCUT2D eigenvalue weighted by Crippen LogP contribution is 2.33. The van der Waals surface area contributed by atoms with Crippen LogP contribution >= 0.6 is 0 Å². The van der Waals surface area contributed by atoms with Gasteiger partial charge in [-0.3, -0.25) is 0 Å². The number of ether oxygens (including phenoxy) is 1. The summed E-state index contributed by atoms with van der Waals surface area (Å²) in [4.78, 5) is 0. The van der Waals surface area contributed by atoms with Crippen molar-refractivity contribution in [3.8, 4) is 0 Å². The van der Waals surface area contributed by atoms with E-state index in [-0.39, 0.29) is 6.04 Å². The highest BCUT2D eigenvalue weighted by Gasteiger charge is 2.35. The summed E-state index contributed by atoms with van der Waals surface area (Å²) in [5.41, 5.74) is -0.270. The normalized spacial score (nSPS) is 16.3. The number of nitrogens with one attached hydrogen (secondary N) is 1. The molecule has 2 unspecified atom stereocenters. The van der Waals surface area contributed by atoms with Gasteiger partial charge in [-0.05, 0) is 38.1 Å². The molecule has 0 saturated carbocycles. The molecule has 0 aliphatic carbocycles. The Morgan fingerprint density at radius 1 is 1.33 bits per heavy atom. The predicted molar refractivity (Wildman–Crippen MR) is 68.5 cm³/mol. The topological polar surface area (TPSA) is 21.3 Å². The minimum absolute atomic E-state index is 0.308. The van der Waals surface area contributed by atoms with E-state index in [0.29, 0.717) is 18.5 Å². The summed E-state index contributed by atoms with van der Waals surface area (Å²) in [6.45, 7) is 6.44. The number of halogens is 2. The molecule has 1 aromatic carbocycles. The smallest absolute Gasteiger partial charge is 0.128 e. The van der Waals surface area contributed by atoms with Gasteiger partial charge in [-0.1, -0.05) is 13.8 Å². The SMILES string of the molecule is CCNC(c1cc(F)ccc1F)C(C)(CC)OC. The summed E-state index contributed by atoms with van der Waals surface area (Å²) in [6.07, 6.45) is 0.692. The Morgan fingerprint density at radius 3 is 2.50 bits per heavy atom. The van der Waals surface area contributed by atoms with Crippen LogP contribution < -0.4 is 5.32 Å². The van der Waals surface area contributed by atoms with Gasteiger partial charge in [0, 0.05) is 12.7 Å². The van der Waals surface area contributed by atoms with Crippen molar-refractivity contribution in [2.24, 2.45) is 0 Å². The first kappa shape index (κ1) is 15.1. The third-order valence-corrected chi connectivity index (χ3v) is 3.46. The van der Waals surface area contributed by atoms with Crippen LogP contribution in [-0.4, -0.2) is 19.3 Å². The first-order chi connectivity index (χ1) is 8.48. The lowest BCUT2D eigenvalue weighted by Crippen LogP contribution is -2.43. The van der Waals surface area contributed by atoms with Gasteiger partial charge in [0.25, 0.3) is 0 Å². The summed E-state index contributed by atoms with van der Waals surface area (Å²) in [7, 11) is 1.59. The number of rotatable bonds is 6. The second-order valence-corrected chi connectivity index (χ2v) is 4.53. The maximum atomic E-state index is 13.9. The average molecular weight is 257 g/mol. The summed E-state index contributed by atoms with van der Waals surface area (Å²) in [6, 6.07) is 3.13. The van der Waals surface area contributed by atoms with E-state index in [1.807, 2.05) is 20.8 Å². The highest BCUT2D eigenvalue weighted by atomic mass is 19.1. The van der Waals surface area contributed by atoms with E-state index in [4.69, 9.17) is 4.74 Å². The van der Waals surface area contributed by atoms with E-state index >= 15 is 0 Å². The van der Waals surface area contributed by atoms with Crippen molar-refractivity contribution in [3.63, 3.8) is 0 Å². The zero-order chi connectivity index (χ0) is 13.8. The van der Waals surface area contributed by atoms with Crippen LogP contribution in [0.2, 0.25) is 0 Å². The van der Waals surface area contributed by atoms with Crippen molar-refractivity contribution in [1.29, 1.82) is 0 Å². The Labute approximate surface area is 107 Å². The fourth-order valence-corrected chi connectivity index (χ4v) is 2.06. The third-order valence-electron chi connectivity index (χ3n) is 3.46. The van der Waals surface area contributed by atoms with Gasteiger partial charge in [0.1, 0.15) is 11.6 Å². The molecular weight excluding hydrogens is 236 g/mol. The van der Waals surface area contributed by atoms with Crippen molar-refractivity contribution >= 4 is 0 Å². The van der Waals surface area contributed by atoms with E-state index in [9.17, 15) is 8.78 Å². The summed E-state index contributed by atoms with van der Waals surface area (Å²) in [5.74, 6) is -0.858. The molecule has 0 bridgehead atoms. The lowest BCUT2D eigenvalue weighted by Gasteiger charge is -2.36. The van der Waals surface area contributed by atoms with Gasteiger partial charge in [0.2, 0.25) is 0 Å². The summed E-state index contributed by atoms with van der Waals surface area (Å²) >= 11 is 0. The van der Waals surface area contributed by atoms with Crippen LogP contribution in [-0.2, 0) is 4.74 Å². The van der Waals surface area contributed by atoms with E-state index in [1.54, 1.807) is 7.11 Å². The molecule has 0 amide bonds. The molecule has 102 valence electrons. The van der Waals surface area contributed by atoms with E-state index in [2.05, 4.69) is 5.32 Å². The minimum Gasteiger partial charge on any atom is -0.377 e. The molecule has 0 saturated heterocycles. The number of hydrogen-bond acceptors (Lipinski definition) is 2. The van der Waals surface area contributed by atoms with Gasteiger partial charge in [-0.2, -0.15) is 0 Å². The maximum absolute atomic E-state index is 13.9. The second kappa shape index (κ2) is 6.25. The van der Waals surface area contributed by atoms with Crippen molar-refractivity contribution in [2.45, 2.75) is 38.8 Å². The molecule has 0 aromatic heterocycles. The highest BCUT2D eigenvalue weighted by molar-refractivity contribution is 5.25. The van der Waals surface area contributed by atoms with Crippen molar-refractivity contribution in [1.82, 2.24) is 5.32 Å². The largest absolute Gasteiger partial charge is 0.377 e. The minimum atomic E-state index is -0.579. The van der Waals surface area contributed by atoms with Gasteiger partial charge in [-0.25, -0.2) is 8.78 Å². The number of benzene rings is 1. The van der Waals surface area contributed by atoms with E-state index in [0.717, 1.165) is 12.1 Å². The molecule has 18 heavy (non-hydrogen) atoms. The van der Waals surface area contributed by atoms with Crippen molar-refractivity contribution in [3.05, 3.63) is 35.4 Å². The summed E-state index contributed by atoms with van der Waals surface area (Å²) < 4.78 is 32.7. The quantitative estimate of drug-likeness (QED) is 0.843. The zero-order valence-corrected chi connectivity index (χ0v) is 11.4. The molecule has 1 aromatic rings. The number of methoxy groups -OCH3 is 1. The van der Waals surface area contributed by atoms with Gasteiger partial charge < -0.3 is 10.1 Å². The van der Waals surface area contributed by atoms with E-state index in [1.165, 1.54) is 6.07 Å². The molecule has 4 heteroatoms. The molecule has 0 spiro atoms. The van der Waals surface area contributed by atoms with Crippen LogP contribution in [0.15, 0.2) is 18.2 Å². The van der Waals surface area contributed by atoms with Crippen molar-refractivity contribution < 1.29 is 13.5 Å². The van der Waals surface area contributed by atoms with E-state index < -0.39 is 17.2 Å². The standard InChI is InChI=1S/C14H21F2NO/c1-5-14(3,18-4)13(17-6-2)11-9-10(15)7-8-12(11)16/h7-9,13,17H,5-6H2,1-4H3. The monoisotopic (exact) mass is 257 g/mol. The maximum Gasteiger partial charge on any atom is 0.128 e. The predicted octanol–water partition coefficient (Wildman–Crippen LogP) is 3.43. The van der Waals surface area contributed by atoms with Gasteiger partial charge in [0.05, 0.1) is 11.6 Å². The Kier molecular flexibility index (Phi) is 5.23. The average Bonchev–Trinajstić information content (AvgIpc) is 2.38. The molecule has 0 aliphatic heterocycles. The molecule has 1 rings (SSSR count). The zero-order valence-electron chi connectivity index (χ0n) is 11.4. The second-order valence-electron chi connectivity index (χ2n) is 4.53. The molecule has 0 heterocycles. The first-order valence-electron chi connectivity index (χ1n) is 6.22. The van der Waals surface area contributed by atoms with Crippen LogP contribution in [0.4, 0.5) is 8.78 Å². The van der Waals surface area contributed by atoms with Crippen LogP contribution in [0.5, 0.6) is 0 Å². The summed E-state index contributed by atoms with van der Waals surface area (Å²) in [5, 5.41) is 3.18. The fourth-order valence-electron chi connectivity index (χ4n) is 2.06. The first-order valence-corrected chi connectivity index (χ1v) is 6.22. The Morgan fingerprint density at radius 2 is 2.00 bits per heavy atom. The van der Waals surface area contributed by atoms with Crippen molar-refractivity contribution in [2.75, 3.05) is 13.7 Å². The Balaban J connectivity index is 3.22. The lowest BCUT2D eigenvalue weighted by atomic mass is 9.87. The van der Waals surface area contributed by atoms with Crippen LogP contribution in [0.25, 0.3) is 0 Å². The van der Waals surface area contributed by atoms with Gasteiger partial charge >= 0.3 is 0 Å². The van der Waals surface area contributed by atoms with Crippen LogP contribution in [0.1, 0.15) is 38.8 Å². The van der Waals surface area contributed by atoms with Gasteiger partial charge in [0.15, 0.2) is 0 Å². The molecule has 0 fully saturated rings. The lowest BCUT2D eigenvalue weighted by molar-refractivity contribution is -0.0305. The molecular formula is C14H21F2NO. The van der Waals surface area contributed by atoms with Crippen LogP contribution in [0, 0.1) is 11.6 Å². The number of likely N-dealkylation sites (N-methyl/N-ethyl adjacent to an activating group) is 1. The molecule has 0 radical (unpaired) electrons. The molecule has 0 aliphatic rings. The third kappa shape index (κ3) is 3.06. The Bertz CT molecular complexity index is 391. The van der Waals surface area contributed by atoms with Crippen LogP contribution in [0.3, 0.4) is 0 Å². The Hall–Kier alpha value is -1.00. The number of hydrogen-bond donors (Lipinski definition) is 1.